The lowest BCUT2D eigenvalue weighted by molar-refractivity contribution is -0.143. The topological polar surface area (TPSA) is 126 Å². The maximum Gasteiger partial charge on any atom is 0.326 e. The number of rotatable bonds is 9. The molecule has 0 saturated heterocycles. The molecule has 0 fully saturated rings. The summed E-state index contributed by atoms with van der Waals surface area (Å²) in [5, 5.41) is 20.7. The van der Waals surface area contributed by atoms with Gasteiger partial charge in [0.15, 0.2) is 0 Å². The third kappa shape index (κ3) is 5.68. The lowest BCUT2D eigenvalue weighted by atomic mass is 10.1. The molecule has 8 nitrogen and oxygen atoms in total. The van der Waals surface area contributed by atoms with E-state index in [-0.39, 0.29) is 25.0 Å². The van der Waals surface area contributed by atoms with Crippen molar-refractivity contribution < 1.29 is 29.4 Å². The number of halogens is 1. The van der Waals surface area contributed by atoms with Crippen molar-refractivity contribution in [3.8, 4) is 0 Å². The van der Waals surface area contributed by atoms with E-state index >= 15 is 0 Å². The number of ketones is 1. The van der Waals surface area contributed by atoms with Crippen LogP contribution in [-0.2, 0) is 27.9 Å². The molecule has 154 valence electrons. The van der Waals surface area contributed by atoms with Crippen LogP contribution >= 0.6 is 11.6 Å². The third-order valence-corrected chi connectivity index (χ3v) is 4.72. The van der Waals surface area contributed by atoms with Gasteiger partial charge < -0.3 is 20.1 Å². The fraction of sp³-hybridized carbons (Fsp3) is 0.300. The molecule has 2 aromatic rings. The average molecular weight is 421 g/mol. The molecule has 1 heterocycles. The Labute approximate surface area is 172 Å². The van der Waals surface area contributed by atoms with E-state index < -0.39 is 23.9 Å². The normalized spacial score (nSPS) is 11.7. The van der Waals surface area contributed by atoms with Gasteiger partial charge in [0.2, 0.25) is 11.7 Å². The molecule has 0 aliphatic heterocycles. The zero-order valence-electron chi connectivity index (χ0n) is 15.9. The molecule has 29 heavy (non-hydrogen) atoms. The Hall–Kier alpha value is -3.13. The highest BCUT2D eigenvalue weighted by Gasteiger charge is 2.23. The summed E-state index contributed by atoms with van der Waals surface area (Å²) in [5.74, 6) is -3.25. The van der Waals surface area contributed by atoms with Crippen molar-refractivity contribution in [1.82, 2.24) is 9.88 Å². The molecule has 9 heteroatoms. The van der Waals surface area contributed by atoms with Gasteiger partial charge in [-0.05, 0) is 49.2 Å². The maximum absolute atomic E-state index is 12.8. The number of carbonyl (C=O) groups excluding carboxylic acids is 2. The number of aliphatic carboxylic acids is 2. The van der Waals surface area contributed by atoms with Crippen molar-refractivity contribution in [2.45, 2.75) is 32.2 Å². The van der Waals surface area contributed by atoms with Crippen molar-refractivity contribution in [1.29, 1.82) is 0 Å². The third-order valence-electron chi connectivity index (χ3n) is 4.47. The van der Waals surface area contributed by atoms with Crippen LogP contribution in [0.4, 0.5) is 0 Å². The smallest absolute Gasteiger partial charge is 0.326 e. The van der Waals surface area contributed by atoms with Crippen LogP contribution in [0.1, 0.15) is 40.2 Å². The number of carbonyl (C=O) groups is 4. The Bertz CT molecular complexity index is 949. The van der Waals surface area contributed by atoms with Gasteiger partial charge in [-0.25, -0.2) is 4.79 Å². The van der Waals surface area contributed by atoms with Crippen LogP contribution in [0.3, 0.4) is 0 Å². The van der Waals surface area contributed by atoms with Gasteiger partial charge in [-0.1, -0.05) is 11.6 Å². The minimum atomic E-state index is -1.30. The van der Waals surface area contributed by atoms with Crippen molar-refractivity contribution in [3.05, 3.63) is 57.9 Å². The van der Waals surface area contributed by atoms with E-state index in [0.717, 1.165) is 0 Å². The zero-order chi connectivity index (χ0) is 21.7. The van der Waals surface area contributed by atoms with Crippen LogP contribution in [-0.4, -0.2) is 44.5 Å². The molecule has 3 N–H and O–H groups in total. The molecule has 0 aliphatic carbocycles. The lowest BCUT2D eigenvalue weighted by Gasteiger charge is -2.14. The summed E-state index contributed by atoms with van der Waals surface area (Å²) in [6, 6.07) is 6.85. The van der Waals surface area contributed by atoms with Crippen LogP contribution in [0.15, 0.2) is 30.3 Å². The molecule has 1 aromatic heterocycles. The summed E-state index contributed by atoms with van der Waals surface area (Å²) in [5.41, 5.74) is 2.07. The summed E-state index contributed by atoms with van der Waals surface area (Å²) in [7, 11) is 1.65. The van der Waals surface area contributed by atoms with Gasteiger partial charge >= 0.3 is 11.9 Å². The van der Waals surface area contributed by atoms with Gasteiger partial charge in [0.05, 0.1) is 12.1 Å². The fourth-order valence-corrected chi connectivity index (χ4v) is 3.12. The molecule has 0 unspecified atom stereocenters. The van der Waals surface area contributed by atoms with Gasteiger partial charge in [-0.2, -0.15) is 0 Å². The van der Waals surface area contributed by atoms with Crippen LogP contribution in [0, 0.1) is 6.92 Å². The highest BCUT2D eigenvalue weighted by molar-refractivity contribution is 6.30. The Kier molecular flexibility index (Phi) is 7.17. The van der Waals surface area contributed by atoms with Gasteiger partial charge in [-0.3, -0.25) is 14.4 Å². The number of nitrogens with one attached hydrogen (secondary N) is 1. The number of hydrogen-bond donors (Lipinski definition) is 3. The molecule has 2 rings (SSSR count). The molecule has 0 spiro atoms. The second-order valence-electron chi connectivity index (χ2n) is 6.63. The number of amides is 1. The van der Waals surface area contributed by atoms with Crippen LogP contribution in [0.2, 0.25) is 5.02 Å². The number of aryl methyl sites for hydroxylation is 1. The highest BCUT2D eigenvalue weighted by Crippen LogP contribution is 2.20. The Morgan fingerprint density at radius 3 is 2.31 bits per heavy atom. The number of benzene rings is 1. The molecule has 0 saturated carbocycles. The number of carboxylic acid groups (broad SMARTS) is 2. The number of aromatic nitrogens is 1. The van der Waals surface area contributed by atoms with E-state index in [2.05, 4.69) is 5.32 Å². The van der Waals surface area contributed by atoms with Crippen molar-refractivity contribution in [2.75, 3.05) is 0 Å². The Morgan fingerprint density at radius 1 is 1.14 bits per heavy atom. The maximum atomic E-state index is 12.8. The molecule has 0 bridgehead atoms. The van der Waals surface area contributed by atoms with E-state index in [1.807, 2.05) is 0 Å². The first-order valence-corrected chi connectivity index (χ1v) is 9.17. The first-order valence-electron chi connectivity index (χ1n) is 8.79. The molecule has 0 aliphatic rings. The zero-order valence-corrected chi connectivity index (χ0v) is 16.7. The molecule has 1 atom stereocenters. The van der Waals surface area contributed by atoms with Gasteiger partial charge in [0.1, 0.15) is 6.04 Å². The predicted molar refractivity (Wildman–Crippen MR) is 105 cm³/mol. The fourth-order valence-electron chi connectivity index (χ4n) is 3.00. The monoisotopic (exact) mass is 420 g/mol. The number of carboxylic acids is 2. The Balaban J connectivity index is 2.15. The molecular weight excluding hydrogens is 400 g/mol. The largest absolute Gasteiger partial charge is 0.481 e. The van der Waals surface area contributed by atoms with E-state index in [1.165, 1.54) is 0 Å². The molecule has 0 radical (unpaired) electrons. The van der Waals surface area contributed by atoms with Crippen LogP contribution in [0.5, 0.6) is 0 Å². The first-order chi connectivity index (χ1) is 13.6. The lowest BCUT2D eigenvalue weighted by Crippen LogP contribution is -2.42. The van der Waals surface area contributed by atoms with Crippen molar-refractivity contribution >= 4 is 35.2 Å². The summed E-state index contributed by atoms with van der Waals surface area (Å²) < 4.78 is 1.60. The second kappa shape index (κ2) is 9.38. The quantitative estimate of drug-likeness (QED) is 0.534. The van der Waals surface area contributed by atoms with Gasteiger partial charge in [-0.15, -0.1) is 0 Å². The highest BCUT2D eigenvalue weighted by atomic mass is 35.5. The van der Waals surface area contributed by atoms with E-state index in [4.69, 9.17) is 21.8 Å². The van der Waals surface area contributed by atoms with Gasteiger partial charge in [0.25, 0.3) is 0 Å². The van der Waals surface area contributed by atoms with Crippen LogP contribution < -0.4 is 5.32 Å². The molecule has 1 amide bonds. The summed E-state index contributed by atoms with van der Waals surface area (Å²) in [6.45, 7) is 1.75. The van der Waals surface area contributed by atoms with Crippen LogP contribution in [0.25, 0.3) is 0 Å². The minimum absolute atomic E-state index is 0.151. The minimum Gasteiger partial charge on any atom is -0.481 e. The molecular formula is C20H21ClN2O6. The summed E-state index contributed by atoms with van der Waals surface area (Å²) in [6.07, 6.45) is -0.745. The van der Waals surface area contributed by atoms with E-state index in [0.29, 0.717) is 27.5 Å². The second-order valence-corrected chi connectivity index (χ2v) is 7.07. The van der Waals surface area contributed by atoms with E-state index in [9.17, 15) is 19.2 Å². The number of hydrogen-bond acceptors (Lipinski definition) is 4. The SMILES string of the molecule is Cc1cc(CC(=O)N[C@@H](CCC(=O)O)C(=O)O)n(C)c1C(=O)c1ccc(Cl)cc1. The standard InChI is InChI=1S/C20H21ClN2O6/c1-11-9-14(10-16(24)22-15(20(28)29)7-8-17(25)26)23(2)18(11)19(27)12-3-5-13(21)6-4-12/h3-6,9,15H,7-8,10H2,1-2H3,(H,22,24)(H,25,26)(H,28,29)/t15-/m0/s1. The Morgan fingerprint density at radius 2 is 1.76 bits per heavy atom. The molecule has 1 aromatic carbocycles. The predicted octanol–water partition coefficient (Wildman–Crippen LogP) is 2.19. The van der Waals surface area contributed by atoms with Crippen molar-refractivity contribution in [3.63, 3.8) is 0 Å². The first kappa shape index (κ1) is 22.2. The average Bonchev–Trinajstić information content (AvgIpc) is 2.91. The van der Waals surface area contributed by atoms with Gasteiger partial charge in [0, 0.05) is 29.7 Å². The number of nitrogens with zero attached hydrogens (tertiary/aromatic N) is 1. The van der Waals surface area contributed by atoms with E-state index in [1.54, 1.807) is 48.9 Å². The summed E-state index contributed by atoms with van der Waals surface area (Å²) >= 11 is 5.85. The van der Waals surface area contributed by atoms with Crippen molar-refractivity contribution in [2.24, 2.45) is 7.05 Å². The summed E-state index contributed by atoms with van der Waals surface area (Å²) in [4.78, 5) is 47.0.